The average Bonchev–Trinajstić information content (AvgIpc) is 2.63. The molecule has 0 aromatic carbocycles. The van der Waals surface area contributed by atoms with Gasteiger partial charge in [-0.1, -0.05) is 53.9 Å². The number of aldehydes is 1. The largest absolute Gasteiger partial charge is 0.388 e. The summed E-state index contributed by atoms with van der Waals surface area (Å²) in [4.78, 5) is 12.3. The van der Waals surface area contributed by atoms with Crippen molar-refractivity contribution in [3.63, 3.8) is 0 Å². The molecule has 3 saturated carbocycles. The van der Waals surface area contributed by atoms with Crippen molar-refractivity contribution in [2.24, 2.45) is 34.5 Å². The van der Waals surface area contributed by atoms with E-state index in [1.165, 1.54) is 25.7 Å². The van der Waals surface area contributed by atoms with Crippen molar-refractivity contribution >= 4 is 6.29 Å². The van der Waals surface area contributed by atoms with Gasteiger partial charge < -0.3 is 14.6 Å². The van der Waals surface area contributed by atoms with Crippen LogP contribution in [0.25, 0.3) is 0 Å². The Hall–Kier alpha value is -0.410. The zero-order valence-electron chi connectivity index (χ0n) is 19.0. The molecule has 0 aromatic rings. The lowest BCUT2D eigenvalue weighted by Crippen LogP contribution is -2.63. The van der Waals surface area contributed by atoms with Gasteiger partial charge in [0.25, 0.3) is 0 Å². The second-order valence-electron chi connectivity index (χ2n) is 11.2. The van der Waals surface area contributed by atoms with Crippen LogP contribution in [0, 0.1) is 34.5 Å². The highest BCUT2D eigenvalue weighted by atomic mass is 16.5. The minimum absolute atomic E-state index is 0.117. The Morgan fingerprint density at radius 1 is 1.07 bits per heavy atom. The Bertz CT molecular complexity index is 544. The van der Waals surface area contributed by atoms with Gasteiger partial charge in [0.2, 0.25) is 0 Å². The number of aliphatic hydroxyl groups is 1. The van der Waals surface area contributed by atoms with Gasteiger partial charge >= 0.3 is 0 Å². The van der Waals surface area contributed by atoms with Crippen LogP contribution in [-0.2, 0) is 9.53 Å². The van der Waals surface area contributed by atoms with Gasteiger partial charge in [0.15, 0.2) is 0 Å². The Kier molecular flexibility index (Phi) is 6.67. The summed E-state index contributed by atoms with van der Waals surface area (Å²) in [6, 6.07) is 0. The van der Waals surface area contributed by atoms with Gasteiger partial charge in [-0.3, -0.25) is 0 Å². The fraction of sp³-hybridized carbons (Fsp3) is 0.960. The molecular weight excluding hydrogens is 348 g/mol. The second kappa shape index (κ2) is 8.38. The smallest absolute Gasteiger partial charge is 0.128 e. The van der Waals surface area contributed by atoms with Crippen molar-refractivity contribution in [2.75, 3.05) is 6.61 Å². The van der Waals surface area contributed by atoms with Gasteiger partial charge in [0.1, 0.15) is 6.29 Å². The van der Waals surface area contributed by atoms with Crippen LogP contribution in [0.15, 0.2) is 0 Å². The number of hydrogen-bond acceptors (Lipinski definition) is 3. The highest BCUT2D eigenvalue weighted by molar-refractivity contribution is 5.58. The molecule has 2 bridgehead atoms. The number of carbonyl (C=O) groups is 1. The van der Waals surface area contributed by atoms with Crippen LogP contribution < -0.4 is 0 Å². The van der Waals surface area contributed by atoms with Crippen molar-refractivity contribution in [1.82, 2.24) is 0 Å². The zero-order valence-corrected chi connectivity index (χ0v) is 19.0. The van der Waals surface area contributed by atoms with Crippen LogP contribution in [0.5, 0.6) is 0 Å². The van der Waals surface area contributed by atoms with E-state index >= 15 is 0 Å². The highest BCUT2D eigenvalue weighted by Crippen LogP contribution is 2.61. The molecule has 3 nitrogen and oxygen atoms in total. The van der Waals surface area contributed by atoms with Crippen LogP contribution >= 0.6 is 0 Å². The lowest BCUT2D eigenvalue weighted by molar-refractivity contribution is -0.218. The van der Waals surface area contributed by atoms with E-state index < -0.39 is 5.60 Å². The van der Waals surface area contributed by atoms with Crippen molar-refractivity contribution in [3.8, 4) is 0 Å². The first-order chi connectivity index (χ1) is 13.2. The van der Waals surface area contributed by atoms with E-state index in [1.807, 2.05) is 0 Å². The first-order valence-corrected chi connectivity index (χ1v) is 12.0. The van der Waals surface area contributed by atoms with Crippen LogP contribution in [0.2, 0.25) is 0 Å². The maximum Gasteiger partial charge on any atom is 0.128 e. The molecule has 3 aliphatic rings. The number of hydrogen-bond donors (Lipinski definition) is 1. The molecule has 3 aliphatic carbocycles. The minimum Gasteiger partial charge on any atom is -0.388 e. The summed E-state index contributed by atoms with van der Waals surface area (Å²) in [7, 11) is 0. The van der Waals surface area contributed by atoms with Crippen LogP contribution in [0.3, 0.4) is 0 Å². The number of unbranched alkanes of at least 4 members (excludes halogenated alkanes) is 2. The summed E-state index contributed by atoms with van der Waals surface area (Å²) in [5, 5.41) is 12.2. The molecule has 7 atom stereocenters. The third kappa shape index (κ3) is 3.71. The Morgan fingerprint density at radius 3 is 2.46 bits per heavy atom. The van der Waals surface area contributed by atoms with E-state index in [0.29, 0.717) is 12.5 Å². The molecule has 0 amide bonds. The molecule has 0 spiro atoms. The summed E-state index contributed by atoms with van der Waals surface area (Å²) in [5.74, 6) is 1.59. The fourth-order valence-electron chi connectivity index (χ4n) is 7.21. The van der Waals surface area contributed by atoms with Crippen LogP contribution in [-0.4, -0.2) is 29.7 Å². The molecule has 3 heteroatoms. The summed E-state index contributed by atoms with van der Waals surface area (Å²) in [6.07, 6.45) is 11.6. The second-order valence-corrected chi connectivity index (χ2v) is 11.2. The van der Waals surface area contributed by atoms with Gasteiger partial charge in [0, 0.05) is 6.61 Å². The van der Waals surface area contributed by atoms with E-state index in [4.69, 9.17) is 4.74 Å². The topological polar surface area (TPSA) is 46.5 Å². The summed E-state index contributed by atoms with van der Waals surface area (Å²) in [6.45, 7) is 12.4. The van der Waals surface area contributed by atoms with Crippen molar-refractivity contribution in [1.29, 1.82) is 0 Å². The molecule has 28 heavy (non-hydrogen) atoms. The molecule has 0 aromatic heterocycles. The van der Waals surface area contributed by atoms with E-state index in [1.54, 1.807) is 0 Å². The summed E-state index contributed by atoms with van der Waals surface area (Å²) in [5.41, 5.74) is -0.876. The molecule has 0 saturated heterocycles. The molecule has 1 N–H and O–H groups in total. The lowest BCUT2D eigenvalue weighted by atomic mass is 9.46. The maximum absolute atomic E-state index is 12.3. The first kappa shape index (κ1) is 22.3. The van der Waals surface area contributed by atoms with Crippen molar-refractivity contribution in [3.05, 3.63) is 0 Å². The van der Waals surface area contributed by atoms with Crippen LogP contribution in [0.4, 0.5) is 0 Å². The predicted octanol–water partition coefficient (Wildman–Crippen LogP) is 5.78. The predicted molar refractivity (Wildman–Crippen MR) is 114 cm³/mol. The SMILES string of the molecule is CCCCCOC1CC[C@@]2(C)CC[C@H]3[C@H](C)CC[C@@H](C[C@]2(O)[C@@H]1C=O)C3(C)C. The summed E-state index contributed by atoms with van der Waals surface area (Å²) < 4.78 is 6.20. The van der Waals surface area contributed by atoms with E-state index in [2.05, 4.69) is 34.6 Å². The van der Waals surface area contributed by atoms with E-state index in [9.17, 15) is 9.90 Å². The van der Waals surface area contributed by atoms with E-state index in [0.717, 1.165) is 56.6 Å². The number of carbonyl (C=O) groups excluding carboxylic acids is 1. The Labute approximate surface area is 173 Å². The normalized spacial score (nSPS) is 45.6. The Balaban J connectivity index is 1.86. The molecule has 0 heterocycles. The molecule has 0 aliphatic heterocycles. The molecule has 3 rings (SSSR count). The standard InChI is InChI=1S/C25H44O3/c1-6-7-8-15-28-22-12-14-24(5)13-11-20-18(2)9-10-19(23(20,3)4)16-25(24,27)21(22)17-26/h17-22,27H,6-16H2,1-5H3/t18-,19+,20+,21-,22?,24-,25+/m1/s1. The summed E-state index contributed by atoms with van der Waals surface area (Å²) >= 11 is 0. The number of fused-ring (bicyclic) bond motifs is 3. The third-order valence-corrected chi connectivity index (χ3v) is 9.43. The zero-order chi connectivity index (χ0) is 20.6. The quantitative estimate of drug-likeness (QED) is 0.460. The van der Waals surface area contributed by atoms with Gasteiger partial charge in [-0.05, 0) is 73.5 Å². The van der Waals surface area contributed by atoms with Gasteiger partial charge in [-0.15, -0.1) is 0 Å². The van der Waals surface area contributed by atoms with Gasteiger partial charge in [0.05, 0.1) is 17.6 Å². The number of ether oxygens (including phenoxy) is 1. The monoisotopic (exact) mass is 392 g/mol. The van der Waals surface area contributed by atoms with Crippen LogP contribution in [0.1, 0.15) is 98.8 Å². The molecule has 0 radical (unpaired) electrons. The third-order valence-electron chi connectivity index (χ3n) is 9.43. The van der Waals surface area contributed by atoms with Gasteiger partial charge in [-0.2, -0.15) is 0 Å². The number of rotatable bonds is 6. The molecular formula is C25H44O3. The highest BCUT2D eigenvalue weighted by Gasteiger charge is 2.61. The van der Waals surface area contributed by atoms with Gasteiger partial charge in [-0.25, -0.2) is 0 Å². The minimum atomic E-state index is -0.935. The molecule has 1 unspecified atom stereocenters. The average molecular weight is 393 g/mol. The van der Waals surface area contributed by atoms with Crippen molar-refractivity contribution in [2.45, 2.75) is 111 Å². The maximum atomic E-state index is 12.3. The first-order valence-electron chi connectivity index (χ1n) is 12.0. The Morgan fingerprint density at radius 2 is 1.79 bits per heavy atom. The van der Waals surface area contributed by atoms with Crippen molar-refractivity contribution < 1.29 is 14.6 Å². The molecule has 3 fully saturated rings. The lowest BCUT2D eigenvalue weighted by Gasteiger charge is -2.61. The fourth-order valence-corrected chi connectivity index (χ4v) is 7.21. The molecule has 162 valence electrons. The van der Waals surface area contributed by atoms with E-state index in [-0.39, 0.29) is 22.9 Å².